The van der Waals surface area contributed by atoms with Crippen LogP contribution in [-0.2, 0) is 17.8 Å². The fraction of sp³-hybridized carbons (Fsp3) is 0.375. The highest BCUT2D eigenvalue weighted by Crippen LogP contribution is 2.36. The monoisotopic (exact) mass is 414 g/mol. The number of hydrogen-bond acceptors (Lipinski definition) is 6. The van der Waals surface area contributed by atoms with Crippen LogP contribution in [0.5, 0.6) is 0 Å². The van der Waals surface area contributed by atoms with Gasteiger partial charge in [0.1, 0.15) is 5.82 Å². The highest BCUT2D eigenvalue weighted by atomic mass is 16.2. The van der Waals surface area contributed by atoms with Gasteiger partial charge in [0, 0.05) is 36.6 Å². The zero-order chi connectivity index (χ0) is 21.4. The zero-order valence-electron chi connectivity index (χ0n) is 18.0. The Morgan fingerprint density at radius 1 is 1.03 bits per heavy atom. The molecule has 1 amide bonds. The lowest BCUT2D eigenvalue weighted by Crippen LogP contribution is -2.37. The smallest absolute Gasteiger partial charge is 0.228 e. The summed E-state index contributed by atoms with van der Waals surface area (Å²) in [5.41, 5.74) is 4.35. The summed E-state index contributed by atoms with van der Waals surface area (Å²) in [6.07, 6.45) is 6.70. The van der Waals surface area contributed by atoms with Crippen molar-refractivity contribution in [1.82, 2.24) is 19.9 Å². The van der Waals surface area contributed by atoms with Gasteiger partial charge in [-0.15, -0.1) is 0 Å². The first-order valence-electron chi connectivity index (χ1n) is 10.9. The molecule has 0 aliphatic carbocycles. The Kier molecular flexibility index (Phi) is 5.10. The highest BCUT2D eigenvalue weighted by molar-refractivity contribution is 5.95. The molecule has 1 fully saturated rings. The molecule has 3 aromatic rings. The fourth-order valence-electron chi connectivity index (χ4n) is 4.51. The second-order valence-corrected chi connectivity index (χ2v) is 8.34. The van der Waals surface area contributed by atoms with Gasteiger partial charge in [-0.1, -0.05) is 29.8 Å². The van der Waals surface area contributed by atoms with Gasteiger partial charge in [0.05, 0.1) is 12.6 Å². The van der Waals surface area contributed by atoms with E-state index >= 15 is 0 Å². The first-order valence-corrected chi connectivity index (χ1v) is 10.9. The van der Waals surface area contributed by atoms with Crippen molar-refractivity contribution < 1.29 is 4.79 Å². The predicted molar refractivity (Wildman–Crippen MR) is 119 cm³/mol. The van der Waals surface area contributed by atoms with E-state index in [0.717, 1.165) is 47.8 Å². The summed E-state index contributed by atoms with van der Waals surface area (Å²) >= 11 is 0. The first kappa shape index (κ1) is 19.6. The van der Waals surface area contributed by atoms with E-state index in [9.17, 15) is 4.79 Å². The molecule has 158 valence electrons. The van der Waals surface area contributed by atoms with E-state index in [2.05, 4.69) is 46.1 Å². The number of carbonyl (C=O) groups excluding carboxylic acids is 1. The molecule has 1 aromatic carbocycles. The number of aryl methyl sites for hydroxylation is 2. The topological polar surface area (TPSA) is 75.1 Å². The van der Waals surface area contributed by atoms with Crippen LogP contribution in [0.4, 0.5) is 11.8 Å². The molecule has 1 unspecified atom stereocenters. The molecule has 2 aliphatic rings. The van der Waals surface area contributed by atoms with Gasteiger partial charge < -0.3 is 4.90 Å². The molecule has 4 heterocycles. The molecule has 0 saturated carbocycles. The molecule has 0 radical (unpaired) electrons. The second-order valence-electron chi connectivity index (χ2n) is 8.34. The summed E-state index contributed by atoms with van der Waals surface area (Å²) < 4.78 is 0. The third kappa shape index (κ3) is 3.76. The summed E-state index contributed by atoms with van der Waals surface area (Å²) in [6.45, 7) is 5.50. The van der Waals surface area contributed by atoms with Gasteiger partial charge in [0.25, 0.3) is 0 Å². The maximum absolute atomic E-state index is 12.9. The van der Waals surface area contributed by atoms with Crippen molar-refractivity contribution in [3.05, 3.63) is 70.9 Å². The van der Waals surface area contributed by atoms with Crippen LogP contribution in [-0.4, -0.2) is 32.4 Å². The molecule has 0 N–H and O–H groups in total. The van der Waals surface area contributed by atoms with Crippen molar-refractivity contribution in [2.45, 2.75) is 52.1 Å². The molecular formula is C24H26N6O. The molecule has 2 aliphatic heterocycles. The Morgan fingerprint density at radius 2 is 1.81 bits per heavy atom. The molecule has 0 bridgehead atoms. The van der Waals surface area contributed by atoms with Crippen LogP contribution >= 0.6 is 0 Å². The predicted octanol–water partition coefficient (Wildman–Crippen LogP) is 3.70. The van der Waals surface area contributed by atoms with Crippen LogP contribution in [0.2, 0.25) is 0 Å². The van der Waals surface area contributed by atoms with Crippen LogP contribution < -0.4 is 9.80 Å². The van der Waals surface area contributed by atoms with Crippen LogP contribution in [0.1, 0.15) is 53.5 Å². The molecule has 5 rings (SSSR count). The van der Waals surface area contributed by atoms with E-state index in [1.165, 1.54) is 5.56 Å². The quantitative estimate of drug-likeness (QED) is 0.648. The van der Waals surface area contributed by atoms with E-state index in [4.69, 9.17) is 9.97 Å². The van der Waals surface area contributed by atoms with Gasteiger partial charge >= 0.3 is 0 Å². The second kappa shape index (κ2) is 8.06. The Labute approximate surface area is 182 Å². The molecule has 31 heavy (non-hydrogen) atoms. The third-order valence-corrected chi connectivity index (χ3v) is 6.18. The molecule has 1 atom stereocenters. The molecule has 1 saturated heterocycles. The van der Waals surface area contributed by atoms with E-state index in [0.29, 0.717) is 25.3 Å². The standard InChI is InChI=1S/C24H26N6O/c1-16-6-8-18(9-7-16)15-30-21(31)11-10-19-17(2)27-22(28-23(19)30)20-5-3-14-29(20)24-25-12-4-13-26-24/h4,6-9,12-13,20H,3,5,10-11,14-15H2,1-2H3. The number of rotatable bonds is 4. The minimum Gasteiger partial charge on any atom is -0.331 e. The van der Waals surface area contributed by atoms with Gasteiger partial charge in [0.2, 0.25) is 11.9 Å². The lowest BCUT2D eigenvalue weighted by Gasteiger charge is -2.31. The van der Waals surface area contributed by atoms with Crippen molar-refractivity contribution in [3.63, 3.8) is 0 Å². The van der Waals surface area contributed by atoms with Crippen LogP contribution in [0, 0.1) is 13.8 Å². The SMILES string of the molecule is Cc1ccc(CN2C(=O)CCc3c(C)nc(C4CCCN4c4ncccn4)nc32)cc1. The minimum atomic E-state index is 0.0182. The summed E-state index contributed by atoms with van der Waals surface area (Å²) in [5.74, 6) is 2.34. The number of fused-ring (bicyclic) bond motifs is 1. The first-order chi connectivity index (χ1) is 15.1. The maximum atomic E-state index is 12.9. The van der Waals surface area contributed by atoms with Gasteiger partial charge in [-0.25, -0.2) is 19.9 Å². The normalized spacial score (nSPS) is 18.4. The fourth-order valence-corrected chi connectivity index (χ4v) is 4.51. The summed E-state index contributed by atoms with van der Waals surface area (Å²) in [6, 6.07) is 10.2. The highest BCUT2D eigenvalue weighted by Gasteiger charge is 2.34. The number of anilines is 2. The lowest BCUT2D eigenvalue weighted by molar-refractivity contribution is -0.119. The van der Waals surface area contributed by atoms with Crippen LogP contribution in [0.3, 0.4) is 0 Å². The Balaban J connectivity index is 1.52. The van der Waals surface area contributed by atoms with Crippen molar-refractivity contribution >= 4 is 17.7 Å². The summed E-state index contributed by atoms with van der Waals surface area (Å²) in [5, 5.41) is 0. The summed E-state index contributed by atoms with van der Waals surface area (Å²) in [4.78, 5) is 35.6. The van der Waals surface area contributed by atoms with Crippen molar-refractivity contribution in [3.8, 4) is 0 Å². The van der Waals surface area contributed by atoms with Crippen molar-refractivity contribution in [2.75, 3.05) is 16.3 Å². The molecular weight excluding hydrogens is 388 g/mol. The maximum Gasteiger partial charge on any atom is 0.228 e. The van der Waals surface area contributed by atoms with E-state index < -0.39 is 0 Å². The number of amides is 1. The molecule has 2 aromatic heterocycles. The molecule has 7 nitrogen and oxygen atoms in total. The van der Waals surface area contributed by atoms with Crippen molar-refractivity contribution in [2.24, 2.45) is 0 Å². The molecule has 7 heteroatoms. The van der Waals surface area contributed by atoms with E-state index in [1.807, 2.05) is 17.9 Å². The lowest BCUT2D eigenvalue weighted by atomic mass is 10.0. The third-order valence-electron chi connectivity index (χ3n) is 6.18. The van der Waals surface area contributed by atoms with Crippen molar-refractivity contribution in [1.29, 1.82) is 0 Å². The number of nitrogens with zero attached hydrogens (tertiary/aromatic N) is 6. The number of hydrogen-bond donors (Lipinski definition) is 0. The minimum absolute atomic E-state index is 0.0182. The Hall–Kier alpha value is -3.35. The van der Waals surface area contributed by atoms with Crippen LogP contribution in [0.15, 0.2) is 42.7 Å². The summed E-state index contributed by atoms with van der Waals surface area (Å²) in [7, 11) is 0. The van der Waals surface area contributed by atoms with Crippen LogP contribution in [0.25, 0.3) is 0 Å². The average Bonchev–Trinajstić information content (AvgIpc) is 3.28. The Bertz CT molecular complexity index is 1100. The number of aromatic nitrogens is 4. The van der Waals surface area contributed by atoms with Gasteiger partial charge in [-0.2, -0.15) is 0 Å². The Morgan fingerprint density at radius 3 is 2.58 bits per heavy atom. The van der Waals surface area contributed by atoms with E-state index in [1.54, 1.807) is 12.4 Å². The van der Waals surface area contributed by atoms with Gasteiger partial charge in [-0.05, 0) is 44.7 Å². The zero-order valence-corrected chi connectivity index (χ0v) is 18.0. The van der Waals surface area contributed by atoms with E-state index in [-0.39, 0.29) is 11.9 Å². The number of carbonyl (C=O) groups is 1. The van der Waals surface area contributed by atoms with Gasteiger partial charge in [0.15, 0.2) is 5.82 Å². The molecule has 0 spiro atoms. The number of benzene rings is 1. The van der Waals surface area contributed by atoms with Gasteiger partial charge in [-0.3, -0.25) is 9.69 Å². The largest absolute Gasteiger partial charge is 0.331 e. The average molecular weight is 415 g/mol.